The maximum atomic E-state index is 12.3. The number of benzene rings is 2. The number of nitriles is 1. The van der Waals surface area contributed by atoms with E-state index in [2.05, 4.69) is 4.74 Å². The van der Waals surface area contributed by atoms with Gasteiger partial charge in [-0.1, -0.05) is 0 Å². The van der Waals surface area contributed by atoms with E-state index in [4.69, 9.17) is 10.00 Å². The molecule has 0 heterocycles. The smallest absolute Gasteiger partial charge is 0.416 e. The van der Waals surface area contributed by atoms with Gasteiger partial charge in [-0.2, -0.15) is 31.6 Å². The average molecular weight is 503 g/mol. The van der Waals surface area contributed by atoms with Crippen LogP contribution in [0.2, 0.25) is 0 Å². The van der Waals surface area contributed by atoms with Crippen LogP contribution < -0.4 is 9.47 Å². The molecular weight excluding hydrogens is 491 g/mol. The zero-order valence-electron chi connectivity index (χ0n) is 13.9. The van der Waals surface area contributed by atoms with Crippen LogP contribution in [-0.2, 0) is 12.4 Å². The van der Waals surface area contributed by atoms with Crippen LogP contribution in [0.5, 0.6) is 11.5 Å². The maximum absolute atomic E-state index is 12.3. The van der Waals surface area contributed by atoms with Crippen LogP contribution >= 0.6 is 22.6 Å². The number of ether oxygens (including phenoxy) is 2. The molecular formula is C17H12F6INO2. The van der Waals surface area contributed by atoms with Gasteiger partial charge in [0.05, 0.1) is 37.0 Å². The van der Waals surface area contributed by atoms with E-state index in [0.29, 0.717) is 3.57 Å². The lowest BCUT2D eigenvalue weighted by atomic mass is 10.1. The van der Waals surface area contributed by atoms with Crippen molar-refractivity contribution in [3.05, 3.63) is 56.7 Å². The predicted octanol–water partition coefficient (Wildman–Crippen LogP) is 5.90. The molecule has 0 amide bonds. The maximum Gasteiger partial charge on any atom is 0.416 e. The monoisotopic (exact) mass is 503 g/mol. The van der Waals surface area contributed by atoms with E-state index in [1.807, 2.05) is 22.6 Å². The summed E-state index contributed by atoms with van der Waals surface area (Å²) < 4.78 is 83.3. The lowest BCUT2D eigenvalue weighted by Gasteiger charge is -2.08. The quantitative estimate of drug-likeness (QED) is 0.379. The minimum Gasteiger partial charge on any atom is -0.497 e. The van der Waals surface area contributed by atoms with E-state index >= 15 is 0 Å². The van der Waals surface area contributed by atoms with Crippen molar-refractivity contribution in [1.82, 2.24) is 0 Å². The van der Waals surface area contributed by atoms with E-state index in [-0.39, 0.29) is 17.1 Å². The van der Waals surface area contributed by atoms with Gasteiger partial charge in [0.15, 0.2) is 0 Å². The lowest BCUT2D eigenvalue weighted by Crippen LogP contribution is -2.05. The Morgan fingerprint density at radius 2 is 1.22 bits per heavy atom. The third-order valence-electron chi connectivity index (χ3n) is 3.03. The Bertz CT molecular complexity index is 828. The number of hydrogen-bond acceptors (Lipinski definition) is 3. The molecule has 0 unspecified atom stereocenters. The van der Waals surface area contributed by atoms with Crippen LogP contribution in [0.4, 0.5) is 26.3 Å². The fraction of sp³-hybridized carbons (Fsp3) is 0.235. The SMILES string of the molecule is COc1cc(C#N)cc(C(F)(F)F)c1.COc1cc(I)cc(C(F)(F)F)c1. The van der Waals surface area contributed by atoms with Crippen LogP contribution in [0.15, 0.2) is 36.4 Å². The van der Waals surface area contributed by atoms with Gasteiger partial charge in [-0.3, -0.25) is 0 Å². The molecule has 0 aliphatic rings. The Morgan fingerprint density at radius 3 is 1.63 bits per heavy atom. The Balaban J connectivity index is 0.000000271. The molecule has 3 nitrogen and oxygen atoms in total. The number of halogens is 7. The zero-order valence-corrected chi connectivity index (χ0v) is 16.0. The Hall–Kier alpha value is -2.16. The van der Waals surface area contributed by atoms with Crippen molar-refractivity contribution in [2.45, 2.75) is 12.4 Å². The van der Waals surface area contributed by atoms with Crippen molar-refractivity contribution in [3.63, 3.8) is 0 Å². The number of rotatable bonds is 2. The van der Waals surface area contributed by atoms with Gasteiger partial charge in [0.25, 0.3) is 0 Å². The third kappa shape index (κ3) is 7.16. The molecule has 0 radical (unpaired) electrons. The minimum atomic E-state index is -4.46. The Kier molecular flexibility index (Phi) is 7.77. The molecule has 0 aliphatic carbocycles. The molecule has 10 heteroatoms. The summed E-state index contributed by atoms with van der Waals surface area (Å²) in [6.07, 6.45) is -8.77. The Labute approximate surface area is 164 Å². The van der Waals surface area contributed by atoms with Crippen LogP contribution in [0.3, 0.4) is 0 Å². The van der Waals surface area contributed by atoms with Gasteiger partial charge in [0.2, 0.25) is 0 Å². The predicted molar refractivity (Wildman–Crippen MR) is 93.4 cm³/mol. The standard InChI is InChI=1S/C9H6F3NO.C8H6F3IO/c1-14-8-3-6(5-13)2-7(4-8)9(10,11)12;1-13-7-3-5(8(9,10)11)2-6(12)4-7/h2-4H,1H3;2-4H,1H3. The first-order chi connectivity index (χ1) is 12.4. The van der Waals surface area contributed by atoms with Gasteiger partial charge >= 0.3 is 12.4 Å². The van der Waals surface area contributed by atoms with Crippen LogP contribution in [0.25, 0.3) is 0 Å². The molecule has 2 rings (SSSR count). The van der Waals surface area contributed by atoms with Crippen LogP contribution in [0.1, 0.15) is 16.7 Å². The van der Waals surface area contributed by atoms with Gasteiger partial charge < -0.3 is 9.47 Å². The summed E-state index contributed by atoms with van der Waals surface area (Å²) in [6, 6.07) is 8.09. The van der Waals surface area contributed by atoms with Crippen molar-refractivity contribution >= 4 is 22.6 Å². The summed E-state index contributed by atoms with van der Waals surface area (Å²) in [6.45, 7) is 0. The highest BCUT2D eigenvalue weighted by Crippen LogP contribution is 2.33. The summed E-state index contributed by atoms with van der Waals surface area (Å²) in [4.78, 5) is 0. The van der Waals surface area contributed by atoms with E-state index in [9.17, 15) is 26.3 Å². The molecule has 0 saturated carbocycles. The summed E-state index contributed by atoms with van der Waals surface area (Å²) >= 11 is 1.81. The first kappa shape index (κ1) is 22.9. The van der Waals surface area contributed by atoms with Gasteiger partial charge in [0, 0.05) is 3.57 Å². The molecule has 0 aliphatic heterocycles. The summed E-state index contributed by atoms with van der Waals surface area (Å²) in [7, 11) is 2.59. The van der Waals surface area contributed by atoms with Crippen LogP contribution in [0, 0.1) is 14.9 Å². The molecule has 146 valence electrons. The Morgan fingerprint density at radius 1 is 0.778 bits per heavy atom. The highest BCUT2D eigenvalue weighted by molar-refractivity contribution is 14.1. The molecule has 0 spiro atoms. The summed E-state index contributed by atoms with van der Waals surface area (Å²) in [5, 5.41) is 8.47. The van der Waals surface area contributed by atoms with Gasteiger partial charge in [-0.25, -0.2) is 0 Å². The molecule has 0 bridgehead atoms. The van der Waals surface area contributed by atoms with Crippen molar-refractivity contribution in [2.24, 2.45) is 0 Å². The first-order valence-corrected chi connectivity index (χ1v) is 8.06. The number of alkyl halides is 6. The van der Waals surface area contributed by atoms with E-state index in [1.165, 1.54) is 26.4 Å². The molecule has 0 saturated heterocycles. The van der Waals surface area contributed by atoms with Crippen molar-refractivity contribution in [1.29, 1.82) is 5.26 Å². The molecule has 0 N–H and O–H groups in total. The minimum absolute atomic E-state index is 0.0244. The second kappa shape index (κ2) is 9.16. The molecule has 27 heavy (non-hydrogen) atoms. The third-order valence-corrected chi connectivity index (χ3v) is 3.66. The molecule has 2 aromatic carbocycles. The lowest BCUT2D eigenvalue weighted by molar-refractivity contribution is -0.138. The van der Waals surface area contributed by atoms with Crippen LogP contribution in [-0.4, -0.2) is 14.2 Å². The molecule has 0 fully saturated rings. The fourth-order valence-electron chi connectivity index (χ4n) is 1.79. The largest absolute Gasteiger partial charge is 0.497 e. The zero-order chi connectivity index (χ0) is 20.8. The number of hydrogen-bond donors (Lipinski definition) is 0. The van der Waals surface area contributed by atoms with Gasteiger partial charge in [-0.05, 0) is 59.0 Å². The van der Waals surface area contributed by atoms with Crippen molar-refractivity contribution in [2.75, 3.05) is 14.2 Å². The molecule has 2 aromatic rings. The van der Waals surface area contributed by atoms with E-state index in [1.54, 1.807) is 6.07 Å². The first-order valence-electron chi connectivity index (χ1n) is 6.99. The highest BCUT2D eigenvalue weighted by atomic mass is 127. The summed E-state index contributed by atoms with van der Waals surface area (Å²) in [5.74, 6) is 0.246. The number of nitrogens with zero attached hydrogens (tertiary/aromatic N) is 1. The normalized spacial score (nSPS) is 11.1. The fourth-order valence-corrected chi connectivity index (χ4v) is 2.43. The molecule has 0 atom stereocenters. The van der Waals surface area contributed by atoms with E-state index < -0.39 is 23.5 Å². The number of methoxy groups -OCH3 is 2. The van der Waals surface area contributed by atoms with Gasteiger partial charge in [-0.15, -0.1) is 0 Å². The highest BCUT2D eigenvalue weighted by Gasteiger charge is 2.32. The van der Waals surface area contributed by atoms with Crippen molar-refractivity contribution in [3.8, 4) is 17.6 Å². The van der Waals surface area contributed by atoms with Crippen molar-refractivity contribution < 1.29 is 35.8 Å². The second-order valence-electron chi connectivity index (χ2n) is 4.94. The van der Waals surface area contributed by atoms with Gasteiger partial charge in [0.1, 0.15) is 11.5 Å². The topological polar surface area (TPSA) is 42.2 Å². The molecule has 0 aromatic heterocycles. The summed E-state index contributed by atoms with van der Waals surface area (Å²) in [5.41, 5.74) is -1.64. The average Bonchev–Trinajstić information content (AvgIpc) is 2.59. The second-order valence-corrected chi connectivity index (χ2v) is 6.18. The van der Waals surface area contributed by atoms with E-state index in [0.717, 1.165) is 24.3 Å².